The van der Waals surface area contributed by atoms with Gasteiger partial charge in [-0.2, -0.15) is 5.10 Å². The van der Waals surface area contributed by atoms with Gasteiger partial charge >= 0.3 is 0 Å². The Morgan fingerprint density at radius 1 is 1.24 bits per heavy atom. The number of benzene rings is 1. The van der Waals surface area contributed by atoms with Crippen LogP contribution in [0.15, 0.2) is 42.0 Å². The molecule has 2 rings (SSSR count). The SMILES string of the molecule is CCCOc1ccc(C=Nn2cnnc2)cc1. The molecule has 0 aliphatic heterocycles. The summed E-state index contributed by atoms with van der Waals surface area (Å²) in [6, 6.07) is 7.78. The molecule has 88 valence electrons. The Labute approximate surface area is 99.8 Å². The molecule has 0 amide bonds. The van der Waals surface area contributed by atoms with Gasteiger partial charge in [-0.1, -0.05) is 6.92 Å². The molecule has 5 heteroatoms. The first kappa shape index (κ1) is 11.3. The van der Waals surface area contributed by atoms with Crippen molar-refractivity contribution in [3.63, 3.8) is 0 Å². The van der Waals surface area contributed by atoms with Crippen LogP contribution in [-0.2, 0) is 0 Å². The minimum atomic E-state index is 0.744. The molecule has 1 aromatic carbocycles. The second-order valence-electron chi connectivity index (χ2n) is 3.50. The van der Waals surface area contributed by atoms with Gasteiger partial charge in [-0.3, -0.25) is 0 Å². The number of ether oxygens (including phenoxy) is 1. The van der Waals surface area contributed by atoms with Gasteiger partial charge in [0.2, 0.25) is 0 Å². The van der Waals surface area contributed by atoms with Crippen molar-refractivity contribution in [2.24, 2.45) is 5.10 Å². The van der Waals surface area contributed by atoms with Crippen LogP contribution in [0.25, 0.3) is 0 Å². The smallest absolute Gasteiger partial charge is 0.141 e. The van der Waals surface area contributed by atoms with Gasteiger partial charge in [0.05, 0.1) is 12.8 Å². The normalized spacial score (nSPS) is 10.9. The van der Waals surface area contributed by atoms with Gasteiger partial charge < -0.3 is 4.74 Å². The molecule has 0 radical (unpaired) electrons. The Morgan fingerprint density at radius 2 is 1.94 bits per heavy atom. The van der Waals surface area contributed by atoms with Crippen LogP contribution in [0.3, 0.4) is 0 Å². The van der Waals surface area contributed by atoms with Crippen molar-refractivity contribution in [3.05, 3.63) is 42.5 Å². The fraction of sp³-hybridized carbons (Fsp3) is 0.250. The fourth-order valence-corrected chi connectivity index (χ4v) is 1.26. The molecule has 0 atom stereocenters. The first-order valence-electron chi connectivity index (χ1n) is 5.50. The Morgan fingerprint density at radius 3 is 2.59 bits per heavy atom. The fourth-order valence-electron chi connectivity index (χ4n) is 1.26. The van der Waals surface area contributed by atoms with Crippen LogP contribution in [0.1, 0.15) is 18.9 Å². The lowest BCUT2D eigenvalue weighted by Crippen LogP contribution is -1.95. The molecule has 17 heavy (non-hydrogen) atoms. The van der Waals surface area contributed by atoms with Gasteiger partial charge in [0, 0.05) is 0 Å². The maximum Gasteiger partial charge on any atom is 0.141 e. The van der Waals surface area contributed by atoms with E-state index in [1.165, 1.54) is 12.7 Å². The molecule has 0 saturated carbocycles. The monoisotopic (exact) mass is 230 g/mol. The lowest BCUT2D eigenvalue weighted by Gasteiger charge is -2.03. The average molecular weight is 230 g/mol. The van der Waals surface area contributed by atoms with E-state index >= 15 is 0 Å². The molecule has 0 spiro atoms. The first-order chi connectivity index (χ1) is 8.38. The van der Waals surface area contributed by atoms with Crippen molar-refractivity contribution in [2.75, 3.05) is 6.61 Å². The van der Waals surface area contributed by atoms with E-state index in [4.69, 9.17) is 4.74 Å². The van der Waals surface area contributed by atoms with Crippen LogP contribution in [0, 0.1) is 0 Å². The van der Waals surface area contributed by atoms with Gasteiger partial charge in [-0.15, -0.1) is 10.2 Å². The Bertz CT molecular complexity index is 462. The van der Waals surface area contributed by atoms with E-state index in [0.29, 0.717) is 0 Å². The molecule has 2 aromatic rings. The topological polar surface area (TPSA) is 52.3 Å². The first-order valence-corrected chi connectivity index (χ1v) is 5.50. The Hall–Kier alpha value is -2.17. The van der Waals surface area contributed by atoms with Crippen LogP contribution in [-0.4, -0.2) is 27.7 Å². The summed E-state index contributed by atoms with van der Waals surface area (Å²) < 4.78 is 7.03. The van der Waals surface area contributed by atoms with Crippen LogP contribution in [0.2, 0.25) is 0 Å². The van der Waals surface area contributed by atoms with Crippen molar-refractivity contribution >= 4 is 6.21 Å². The Balaban J connectivity index is 1.98. The number of rotatable bonds is 5. The van der Waals surface area contributed by atoms with E-state index in [-0.39, 0.29) is 0 Å². The summed E-state index contributed by atoms with van der Waals surface area (Å²) in [6.07, 6.45) is 5.83. The molecular formula is C12H14N4O. The van der Waals surface area contributed by atoms with Crippen LogP contribution in [0.4, 0.5) is 0 Å². The molecule has 0 aliphatic carbocycles. The summed E-state index contributed by atoms with van der Waals surface area (Å²) in [5.74, 6) is 0.883. The van der Waals surface area contributed by atoms with Crippen molar-refractivity contribution in [2.45, 2.75) is 13.3 Å². The number of nitrogens with zero attached hydrogens (tertiary/aromatic N) is 4. The van der Waals surface area contributed by atoms with Gasteiger partial charge in [0.15, 0.2) is 0 Å². The highest BCUT2D eigenvalue weighted by molar-refractivity contribution is 5.79. The Kier molecular flexibility index (Phi) is 3.85. The highest BCUT2D eigenvalue weighted by atomic mass is 16.5. The maximum atomic E-state index is 5.49. The van der Waals surface area contributed by atoms with E-state index in [1.807, 2.05) is 24.3 Å². The van der Waals surface area contributed by atoms with Gasteiger partial charge in [-0.25, -0.2) is 4.68 Å². The third-order valence-electron chi connectivity index (χ3n) is 2.10. The summed E-state index contributed by atoms with van der Waals surface area (Å²) in [5.41, 5.74) is 1.00. The van der Waals surface area contributed by atoms with Crippen molar-refractivity contribution < 1.29 is 4.74 Å². The zero-order chi connectivity index (χ0) is 11.9. The molecule has 5 nitrogen and oxygen atoms in total. The number of hydrogen-bond donors (Lipinski definition) is 0. The van der Waals surface area contributed by atoms with Crippen LogP contribution < -0.4 is 4.74 Å². The lowest BCUT2D eigenvalue weighted by molar-refractivity contribution is 0.317. The second kappa shape index (κ2) is 5.79. The van der Waals surface area contributed by atoms with Gasteiger partial charge in [0.25, 0.3) is 0 Å². The van der Waals surface area contributed by atoms with Gasteiger partial charge in [-0.05, 0) is 36.2 Å². The second-order valence-corrected chi connectivity index (χ2v) is 3.50. The molecule has 0 aliphatic rings. The summed E-state index contributed by atoms with van der Waals surface area (Å²) in [5, 5.41) is 11.5. The van der Waals surface area contributed by atoms with Crippen LogP contribution in [0.5, 0.6) is 5.75 Å². The molecule has 0 N–H and O–H groups in total. The summed E-state index contributed by atoms with van der Waals surface area (Å²) >= 11 is 0. The maximum absolute atomic E-state index is 5.49. The lowest BCUT2D eigenvalue weighted by atomic mass is 10.2. The third kappa shape index (κ3) is 3.41. The number of hydrogen-bond acceptors (Lipinski definition) is 4. The third-order valence-corrected chi connectivity index (χ3v) is 2.10. The minimum Gasteiger partial charge on any atom is -0.494 e. The van der Waals surface area contributed by atoms with E-state index in [9.17, 15) is 0 Å². The van der Waals surface area contributed by atoms with Crippen molar-refractivity contribution in [1.29, 1.82) is 0 Å². The zero-order valence-corrected chi connectivity index (χ0v) is 9.65. The molecule has 1 aromatic heterocycles. The number of aromatic nitrogens is 3. The molecule has 0 fully saturated rings. The van der Waals surface area contributed by atoms with Crippen LogP contribution >= 0.6 is 0 Å². The molecule has 1 heterocycles. The standard InChI is InChI=1S/C12H14N4O/c1-2-7-17-12-5-3-11(4-6-12)8-15-16-9-13-14-10-16/h3-6,8-10H,2,7H2,1H3. The molecule has 0 bridgehead atoms. The molecule has 0 saturated heterocycles. The average Bonchev–Trinajstić information content (AvgIpc) is 2.88. The predicted octanol–water partition coefficient (Wildman–Crippen LogP) is 1.95. The zero-order valence-electron chi connectivity index (χ0n) is 9.65. The minimum absolute atomic E-state index is 0.744. The molecular weight excluding hydrogens is 216 g/mol. The van der Waals surface area contributed by atoms with Crippen molar-refractivity contribution in [3.8, 4) is 5.75 Å². The highest BCUT2D eigenvalue weighted by Crippen LogP contribution is 2.11. The van der Waals surface area contributed by atoms with E-state index in [0.717, 1.165) is 24.3 Å². The molecule has 0 unspecified atom stereocenters. The van der Waals surface area contributed by atoms with Gasteiger partial charge in [0.1, 0.15) is 18.4 Å². The van der Waals surface area contributed by atoms with E-state index in [2.05, 4.69) is 22.2 Å². The van der Waals surface area contributed by atoms with Crippen molar-refractivity contribution in [1.82, 2.24) is 14.9 Å². The van der Waals surface area contributed by atoms with E-state index < -0.39 is 0 Å². The summed E-state index contributed by atoms with van der Waals surface area (Å²) in [7, 11) is 0. The van der Waals surface area contributed by atoms with E-state index in [1.54, 1.807) is 10.9 Å². The highest BCUT2D eigenvalue weighted by Gasteiger charge is 1.93. The predicted molar refractivity (Wildman–Crippen MR) is 65.2 cm³/mol. The summed E-state index contributed by atoms with van der Waals surface area (Å²) in [6.45, 7) is 2.83. The largest absolute Gasteiger partial charge is 0.494 e. The summed E-state index contributed by atoms with van der Waals surface area (Å²) in [4.78, 5) is 0. The quantitative estimate of drug-likeness (QED) is 0.738.